The summed E-state index contributed by atoms with van der Waals surface area (Å²) in [4.78, 5) is 36.8. The zero-order chi connectivity index (χ0) is 20.5. The average Bonchev–Trinajstić information content (AvgIpc) is 2.65. The third-order valence-corrected chi connectivity index (χ3v) is 3.98. The van der Waals surface area contributed by atoms with Crippen LogP contribution in [0.15, 0.2) is 48.5 Å². The Labute approximate surface area is 163 Å². The predicted molar refractivity (Wildman–Crippen MR) is 103 cm³/mol. The Morgan fingerprint density at radius 2 is 1.79 bits per heavy atom. The molecule has 0 aliphatic heterocycles. The number of esters is 1. The van der Waals surface area contributed by atoms with Crippen LogP contribution in [0.2, 0.25) is 0 Å². The van der Waals surface area contributed by atoms with Crippen molar-refractivity contribution in [1.82, 2.24) is 4.90 Å². The quantitative estimate of drug-likeness (QED) is 0.708. The maximum Gasteiger partial charge on any atom is 0.310 e. The molecule has 0 unspecified atom stereocenters. The number of anilines is 1. The van der Waals surface area contributed by atoms with Crippen LogP contribution in [0.4, 0.5) is 10.1 Å². The van der Waals surface area contributed by atoms with Crippen LogP contribution in [0.5, 0.6) is 0 Å². The minimum Gasteiger partial charge on any atom is -0.455 e. The van der Waals surface area contributed by atoms with E-state index in [1.54, 1.807) is 43.3 Å². The lowest BCUT2D eigenvalue weighted by atomic mass is 10.1. The molecule has 0 radical (unpaired) electrons. The summed E-state index contributed by atoms with van der Waals surface area (Å²) >= 11 is 0. The van der Waals surface area contributed by atoms with Crippen LogP contribution in [0.3, 0.4) is 0 Å². The Morgan fingerprint density at radius 1 is 1.07 bits per heavy atom. The molecule has 28 heavy (non-hydrogen) atoms. The summed E-state index contributed by atoms with van der Waals surface area (Å²) in [5.74, 6) is -1.41. The lowest BCUT2D eigenvalue weighted by Gasteiger charge is -2.21. The average molecular weight is 386 g/mol. The summed E-state index contributed by atoms with van der Waals surface area (Å²) in [6.45, 7) is 3.50. The molecule has 0 aromatic heterocycles. The largest absolute Gasteiger partial charge is 0.455 e. The van der Waals surface area contributed by atoms with Gasteiger partial charge in [-0.25, -0.2) is 4.39 Å². The second-order valence-corrected chi connectivity index (χ2v) is 6.25. The van der Waals surface area contributed by atoms with E-state index in [2.05, 4.69) is 5.32 Å². The SMILES string of the molecule is CCN(Cc1cccc(F)c1)C(=O)COC(=O)Cc1ccc(NC(C)=O)cc1. The zero-order valence-electron chi connectivity index (χ0n) is 15.9. The molecule has 0 aliphatic carbocycles. The molecule has 2 aromatic rings. The molecule has 0 heterocycles. The summed E-state index contributed by atoms with van der Waals surface area (Å²) < 4.78 is 18.4. The lowest BCUT2D eigenvalue weighted by molar-refractivity contribution is -0.151. The number of benzene rings is 2. The first-order valence-corrected chi connectivity index (χ1v) is 8.91. The van der Waals surface area contributed by atoms with E-state index in [0.717, 1.165) is 0 Å². The highest BCUT2D eigenvalue weighted by atomic mass is 19.1. The number of amides is 2. The summed E-state index contributed by atoms with van der Waals surface area (Å²) in [5, 5.41) is 2.64. The molecule has 0 atom stereocenters. The van der Waals surface area contributed by atoms with E-state index in [1.165, 1.54) is 24.0 Å². The van der Waals surface area contributed by atoms with Crippen molar-refractivity contribution in [3.63, 3.8) is 0 Å². The van der Waals surface area contributed by atoms with Gasteiger partial charge in [-0.05, 0) is 42.3 Å². The number of ether oxygens (including phenoxy) is 1. The van der Waals surface area contributed by atoms with Gasteiger partial charge in [0.25, 0.3) is 5.91 Å². The number of hydrogen-bond donors (Lipinski definition) is 1. The molecule has 2 amide bonds. The van der Waals surface area contributed by atoms with Gasteiger partial charge in [-0.1, -0.05) is 24.3 Å². The number of likely N-dealkylation sites (N-methyl/N-ethyl adjacent to an activating group) is 1. The molecule has 6 nitrogen and oxygen atoms in total. The summed E-state index contributed by atoms with van der Waals surface area (Å²) in [6, 6.07) is 12.8. The molecule has 0 spiro atoms. The van der Waals surface area contributed by atoms with Gasteiger partial charge in [-0.15, -0.1) is 0 Å². The van der Waals surface area contributed by atoms with Gasteiger partial charge in [-0.2, -0.15) is 0 Å². The standard InChI is InChI=1S/C21H23FN2O4/c1-3-24(13-17-5-4-6-18(22)11-17)20(26)14-28-21(27)12-16-7-9-19(10-8-16)23-15(2)25/h4-11H,3,12-14H2,1-2H3,(H,23,25). The lowest BCUT2D eigenvalue weighted by Crippen LogP contribution is -2.34. The van der Waals surface area contributed by atoms with Gasteiger partial charge in [0.05, 0.1) is 6.42 Å². The number of hydrogen-bond acceptors (Lipinski definition) is 4. The van der Waals surface area contributed by atoms with E-state index >= 15 is 0 Å². The van der Waals surface area contributed by atoms with Crippen LogP contribution in [0.25, 0.3) is 0 Å². The van der Waals surface area contributed by atoms with Crippen LogP contribution in [0.1, 0.15) is 25.0 Å². The molecule has 7 heteroatoms. The fraction of sp³-hybridized carbons (Fsp3) is 0.286. The minimum atomic E-state index is -0.526. The number of nitrogens with zero attached hydrogens (tertiary/aromatic N) is 1. The van der Waals surface area contributed by atoms with Crippen LogP contribution >= 0.6 is 0 Å². The molecule has 2 rings (SSSR count). The molecule has 2 aromatic carbocycles. The van der Waals surface area contributed by atoms with Crippen molar-refractivity contribution in [2.45, 2.75) is 26.8 Å². The van der Waals surface area contributed by atoms with Gasteiger partial charge in [0.15, 0.2) is 6.61 Å². The monoisotopic (exact) mass is 386 g/mol. The van der Waals surface area contributed by atoms with Crippen molar-refractivity contribution in [3.05, 3.63) is 65.5 Å². The van der Waals surface area contributed by atoms with Gasteiger partial charge in [0, 0.05) is 25.7 Å². The highest BCUT2D eigenvalue weighted by Crippen LogP contribution is 2.11. The zero-order valence-corrected chi connectivity index (χ0v) is 15.9. The van der Waals surface area contributed by atoms with Gasteiger partial charge < -0.3 is 15.0 Å². The third kappa shape index (κ3) is 6.83. The number of rotatable bonds is 8. The smallest absolute Gasteiger partial charge is 0.310 e. The molecule has 148 valence electrons. The van der Waals surface area contributed by atoms with E-state index in [9.17, 15) is 18.8 Å². The van der Waals surface area contributed by atoms with E-state index in [1.807, 2.05) is 0 Å². The fourth-order valence-corrected chi connectivity index (χ4v) is 2.59. The fourth-order valence-electron chi connectivity index (χ4n) is 2.59. The van der Waals surface area contributed by atoms with Crippen molar-refractivity contribution in [1.29, 1.82) is 0 Å². The highest BCUT2D eigenvalue weighted by Gasteiger charge is 2.15. The first-order chi connectivity index (χ1) is 13.4. The molecular weight excluding hydrogens is 363 g/mol. The molecule has 1 N–H and O–H groups in total. The summed E-state index contributed by atoms with van der Waals surface area (Å²) in [5.41, 5.74) is 2.01. The first-order valence-electron chi connectivity index (χ1n) is 8.91. The van der Waals surface area contributed by atoms with Crippen molar-refractivity contribution in [3.8, 4) is 0 Å². The second-order valence-electron chi connectivity index (χ2n) is 6.25. The molecular formula is C21H23FN2O4. The predicted octanol–water partition coefficient (Wildman–Crippen LogP) is 2.92. The normalized spacial score (nSPS) is 10.2. The molecule has 0 saturated carbocycles. The Hall–Kier alpha value is -3.22. The second kappa shape index (κ2) is 10.2. The number of nitrogens with one attached hydrogen (secondary N) is 1. The number of halogens is 1. The van der Waals surface area contributed by atoms with E-state index in [0.29, 0.717) is 23.4 Å². The Balaban J connectivity index is 1.83. The number of carbonyl (C=O) groups excluding carboxylic acids is 3. The minimum absolute atomic E-state index is 0.0175. The van der Waals surface area contributed by atoms with Gasteiger partial charge in [-0.3, -0.25) is 14.4 Å². The Morgan fingerprint density at radius 3 is 2.39 bits per heavy atom. The van der Waals surface area contributed by atoms with Crippen molar-refractivity contribution < 1.29 is 23.5 Å². The van der Waals surface area contributed by atoms with E-state index in [-0.39, 0.29) is 37.2 Å². The van der Waals surface area contributed by atoms with E-state index < -0.39 is 5.97 Å². The molecule has 0 aliphatic rings. The number of carbonyl (C=O) groups is 3. The first kappa shape index (κ1) is 21.1. The van der Waals surface area contributed by atoms with Gasteiger partial charge in [0.2, 0.25) is 5.91 Å². The molecule has 0 saturated heterocycles. The third-order valence-electron chi connectivity index (χ3n) is 3.98. The summed E-state index contributed by atoms with van der Waals surface area (Å²) in [7, 11) is 0. The summed E-state index contributed by atoms with van der Waals surface area (Å²) in [6.07, 6.45) is 0.0175. The molecule has 0 fully saturated rings. The molecule has 0 bridgehead atoms. The van der Waals surface area contributed by atoms with E-state index in [4.69, 9.17) is 4.74 Å². The van der Waals surface area contributed by atoms with Gasteiger partial charge in [0.1, 0.15) is 5.82 Å². The Bertz CT molecular complexity index is 837. The highest BCUT2D eigenvalue weighted by molar-refractivity contribution is 5.88. The van der Waals surface area contributed by atoms with Crippen LogP contribution in [0, 0.1) is 5.82 Å². The van der Waals surface area contributed by atoms with Crippen LogP contribution in [-0.2, 0) is 32.1 Å². The maximum absolute atomic E-state index is 13.3. The van der Waals surface area contributed by atoms with Crippen LogP contribution < -0.4 is 5.32 Å². The van der Waals surface area contributed by atoms with Crippen LogP contribution in [-0.4, -0.2) is 35.8 Å². The van der Waals surface area contributed by atoms with Crippen molar-refractivity contribution >= 4 is 23.5 Å². The van der Waals surface area contributed by atoms with Crippen molar-refractivity contribution in [2.75, 3.05) is 18.5 Å². The van der Waals surface area contributed by atoms with Gasteiger partial charge >= 0.3 is 5.97 Å². The maximum atomic E-state index is 13.3. The Kier molecular flexibility index (Phi) is 7.68. The topological polar surface area (TPSA) is 75.7 Å². The van der Waals surface area contributed by atoms with Crippen molar-refractivity contribution in [2.24, 2.45) is 0 Å².